The molecule has 2 heterocycles. The normalized spacial score (nSPS) is 18.4. The van der Waals surface area contributed by atoms with Gasteiger partial charge in [-0.2, -0.15) is 5.26 Å². The molecule has 35 heavy (non-hydrogen) atoms. The van der Waals surface area contributed by atoms with E-state index in [9.17, 15) is 29.1 Å². The van der Waals surface area contributed by atoms with E-state index in [0.29, 0.717) is 24.1 Å². The van der Waals surface area contributed by atoms with E-state index >= 15 is 0 Å². The van der Waals surface area contributed by atoms with Gasteiger partial charge in [-0.1, -0.05) is 18.2 Å². The molecular formula is C25H25FN4O5. The van der Waals surface area contributed by atoms with E-state index < -0.39 is 30.0 Å². The maximum Gasteiger partial charge on any atom is 0.407 e. The maximum absolute atomic E-state index is 14.9. The number of fused-ring (bicyclic) bond motifs is 1. The standard InChI is InChI=1S/C25H25FN4O5/c1-29-13-18-9-15(5-6-20(18)24(29)32)16-3-4-17(21(26)11-16)10-19(12-27)28-23(31)22-14-30(25(33)34)7-2-8-35-22/h3-6,9,11,19,22H,2,7-8,10,13-14H2,1H3,(H,28,31)(H,33,34)/t19-,22?/m0/s1. The van der Waals surface area contributed by atoms with Crippen molar-refractivity contribution in [3.63, 3.8) is 0 Å². The lowest BCUT2D eigenvalue weighted by atomic mass is 9.97. The molecule has 2 aliphatic heterocycles. The summed E-state index contributed by atoms with van der Waals surface area (Å²) in [5.74, 6) is -1.17. The smallest absolute Gasteiger partial charge is 0.407 e. The first-order valence-corrected chi connectivity index (χ1v) is 11.2. The number of carbonyl (C=O) groups is 3. The molecule has 0 saturated carbocycles. The van der Waals surface area contributed by atoms with Gasteiger partial charge in [0, 0.05) is 38.7 Å². The summed E-state index contributed by atoms with van der Waals surface area (Å²) in [6.45, 7) is 0.851. The van der Waals surface area contributed by atoms with Crippen LogP contribution in [0.5, 0.6) is 0 Å². The number of rotatable bonds is 5. The third-order valence-electron chi connectivity index (χ3n) is 6.21. The van der Waals surface area contributed by atoms with Crippen LogP contribution in [0.3, 0.4) is 0 Å². The summed E-state index contributed by atoms with van der Waals surface area (Å²) in [6.07, 6.45) is -1.78. The summed E-state index contributed by atoms with van der Waals surface area (Å²) < 4.78 is 20.4. The molecule has 0 spiro atoms. The lowest BCUT2D eigenvalue weighted by molar-refractivity contribution is -0.133. The van der Waals surface area contributed by atoms with Gasteiger partial charge in [0.05, 0.1) is 12.6 Å². The molecule has 2 aromatic carbocycles. The number of halogens is 1. The van der Waals surface area contributed by atoms with Gasteiger partial charge in [0.15, 0.2) is 6.10 Å². The number of benzene rings is 2. The minimum absolute atomic E-state index is 0.0393. The molecule has 2 N–H and O–H groups in total. The number of carbonyl (C=O) groups excluding carboxylic acids is 2. The van der Waals surface area contributed by atoms with Gasteiger partial charge in [-0.3, -0.25) is 9.59 Å². The first-order chi connectivity index (χ1) is 16.8. The summed E-state index contributed by atoms with van der Waals surface area (Å²) in [7, 11) is 1.73. The zero-order valence-corrected chi connectivity index (χ0v) is 19.2. The molecule has 4 rings (SSSR count). The molecule has 9 nitrogen and oxygen atoms in total. The molecule has 1 saturated heterocycles. The van der Waals surface area contributed by atoms with E-state index in [1.807, 2.05) is 12.1 Å². The van der Waals surface area contributed by atoms with Gasteiger partial charge in [0.2, 0.25) is 0 Å². The molecule has 1 fully saturated rings. The van der Waals surface area contributed by atoms with Crippen molar-refractivity contribution in [2.45, 2.75) is 31.5 Å². The predicted molar refractivity (Wildman–Crippen MR) is 123 cm³/mol. The summed E-state index contributed by atoms with van der Waals surface area (Å²) in [5, 5.41) is 21.3. The Bertz CT molecular complexity index is 1210. The van der Waals surface area contributed by atoms with Crippen molar-refractivity contribution in [2.24, 2.45) is 0 Å². The van der Waals surface area contributed by atoms with Gasteiger partial charge < -0.3 is 25.0 Å². The predicted octanol–water partition coefficient (Wildman–Crippen LogP) is 2.40. The van der Waals surface area contributed by atoms with E-state index in [1.165, 1.54) is 6.07 Å². The Morgan fingerprint density at radius 3 is 2.74 bits per heavy atom. The molecule has 1 unspecified atom stereocenters. The Balaban J connectivity index is 1.44. The number of carboxylic acid groups (broad SMARTS) is 1. The van der Waals surface area contributed by atoms with Crippen LogP contribution in [0.25, 0.3) is 11.1 Å². The van der Waals surface area contributed by atoms with Gasteiger partial charge >= 0.3 is 6.09 Å². The molecule has 0 bridgehead atoms. The monoisotopic (exact) mass is 480 g/mol. The third kappa shape index (κ3) is 5.25. The SMILES string of the molecule is CN1Cc2cc(-c3ccc(C[C@@H](C#N)NC(=O)C4CN(C(=O)O)CCCO4)c(F)c3)ccc2C1=O. The van der Waals surface area contributed by atoms with E-state index in [4.69, 9.17) is 4.74 Å². The largest absolute Gasteiger partial charge is 0.465 e. The topological polar surface area (TPSA) is 123 Å². The number of hydrogen-bond donors (Lipinski definition) is 2. The van der Waals surface area contributed by atoms with Crippen molar-refractivity contribution in [3.05, 3.63) is 58.9 Å². The highest BCUT2D eigenvalue weighted by atomic mass is 19.1. The Labute approximate surface area is 201 Å². The Kier molecular flexibility index (Phi) is 6.98. The molecule has 0 aliphatic carbocycles. The average Bonchev–Trinajstić information content (AvgIpc) is 3.00. The van der Waals surface area contributed by atoms with E-state index in [-0.39, 0.29) is 37.6 Å². The molecule has 0 aromatic heterocycles. The van der Waals surface area contributed by atoms with Crippen molar-refractivity contribution in [1.29, 1.82) is 5.26 Å². The van der Waals surface area contributed by atoms with Crippen LogP contribution in [0.1, 0.15) is 27.9 Å². The van der Waals surface area contributed by atoms with Crippen LogP contribution in [-0.4, -0.2) is 71.7 Å². The van der Waals surface area contributed by atoms with Crippen LogP contribution >= 0.6 is 0 Å². The summed E-state index contributed by atoms with van der Waals surface area (Å²) >= 11 is 0. The molecule has 2 aromatic rings. The van der Waals surface area contributed by atoms with Crippen molar-refractivity contribution in [1.82, 2.24) is 15.1 Å². The highest BCUT2D eigenvalue weighted by Gasteiger charge is 2.29. The number of nitrogens with one attached hydrogen (secondary N) is 1. The van der Waals surface area contributed by atoms with Crippen molar-refractivity contribution >= 4 is 17.9 Å². The van der Waals surface area contributed by atoms with Gasteiger partial charge in [0.1, 0.15) is 11.9 Å². The number of ether oxygens (including phenoxy) is 1. The van der Waals surface area contributed by atoms with Crippen LogP contribution < -0.4 is 5.32 Å². The van der Waals surface area contributed by atoms with E-state index in [2.05, 4.69) is 5.32 Å². The molecule has 3 amide bonds. The van der Waals surface area contributed by atoms with Crippen LogP contribution in [0.15, 0.2) is 36.4 Å². The Hall–Kier alpha value is -3.97. The summed E-state index contributed by atoms with van der Waals surface area (Å²) in [6, 6.07) is 11.0. The van der Waals surface area contributed by atoms with Crippen molar-refractivity contribution in [2.75, 3.05) is 26.7 Å². The zero-order valence-electron chi connectivity index (χ0n) is 19.2. The molecule has 0 radical (unpaired) electrons. The fourth-order valence-electron chi connectivity index (χ4n) is 4.31. The lowest BCUT2D eigenvalue weighted by Crippen LogP contribution is -2.47. The summed E-state index contributed by atoms with van der Waals surface area (Å²) in [4.78, 5) is 38.7. The van der Waals surface area contributed by atoms with Crippen molar-refractivity contribution < 1.29 is 28.6 Å². The molecule has 10 heteroatoms. The van der Waals surface area contributed by atoms with Crippen LogP contribution in [0.4, 0.5) is 9.18 Å². The first kappa shape index (κ1) is 24.2. The Morgan fingerprint density at radius 1 is 1.29 bits per heavy atom. The quantitative estimate of drug-likeness (QED) is 0.678. The van der Waals surface area contributed by atoms with E-state index in [0.717, 1.165) is 16.0 Å². The van der Waals surface area contributed by atoms with Crippen LogP contribution in [-0.2, 0) is 22.5 Å². The van der Waals surface area contributed by atoms with Gasteiger partial charge in [-0.25, -0.2) is 9.18 Å². The number of nitrogens with zero attached hydrogens (tertiary/aromatic N) is 3. The van der Waals surface area contributed by atoms with Gasteiger partial charge in [-0.05, 0) is 46.9 Å². The molecule has 182 valence electrons. The van der Waals surface area contributed by atoms with Gasteiger partial charge in [0.25, 0.3) is 11.8 Å². The minimum Gasteiger partial charge on any atom is -0.465 e. The lowest BCUT2D eigenvalue weighted by Gasteiger charge is -2.22. The number of hydrogen-bond acceptors (Lipinski definition) is 5. The fraction of sp³-hybridized carbons (Fsp3) is 0.360. The Morgan fingerprint density at radius 2 is 2.03 bits per heavy atom. The molecule has 2 atom stereocenters. The number of amides is 3. The number of nitriles is 1. The van der Waals surface area contributed by atoms with Gasteiger partial charge in [-0.15, -0.1) is 0 Å². The fourth-order valence-corrected chi connectivity index (χ4v) is 4.31. The first-order valence-electron chi connectivity index (χ1n) is 11.2. The third-order valence-corrected chi connectivity index (χ3v) is 6.21. The highest BCUT2D eigenvalue weighted by molar-refractivity contribution is 5.98. The molecule has 2 aliphatic rings. The summed E-state index contributed by atoms with van der Waals surface area (Å²) in [5.41, 5.74) is 3.19. The zero-order chi connectivity index (χ0) is 25.1. The van der Waals surface area contributed by atoms with Crippen LogP contribution in [0, 0.1) is 17.1 Å². The van der Waals surface area contributed by atoms with Crippen molar-refractivity contribution in [3.8, 4) is 17.2 Å². The maximum atomic E-state index is 14.9. The highest BCUT2D eigenvalue weighted by Crippen LogP contribution is 2.29. The van der Waals surface area contributed by atoms with Crippen LogP contribution in [0.2, 0.25) is 0 Å². The minimum atomic E-state index is -1.14. The molecular weight excluding hydrogens is 455 g/mol. The average molecular weight is 480 g/mol. The second-order valence-corrected chi connectivity index (χ2v) is 8.68. The van der Waals surface area contributed by atoms with E-state index in [1.54, 1.807) is 36.2 Å². The second-order valence-electron chi connectivity index (χ2n) is 8.68. The second kappa shape index (κ2) is 10.1.